The minimum atomic E-state index is -0.208. The number of halogens is 1. The van der Waals surface area contributed by atoms with E-state index in [1.807, 2.05) is 18.4 Å². The smallest absolute Gasteiger partial charge is 0.220 e. The fraction of sp³-hybridized carbons (Fsp3) is 0.444. The molecule has 24 heavy (non-hydrogen) atoms. The fourth-order valence-electron chi connectivity index (χ4n) is 3.18. The van der Waals surface area contributed by atoms with Gasteiger partial charge in [-0.1, -0.05) is 0 Å². The number of nitrogens with zero attached hydrogens (tertiary/aromatic N) is 2. The highest BCUT2D eigenvalue weighted by atomic mass is 32.1. The van der Waals surface area contributed by atoms with E-state index in [0.29, 0.717) is 12.8 Å². The van der Waals surface area contributed by atoms with Crippen LogP contribution in [0.25, 0.3) is 0 Å². The molecule has 128 valence electrons. The number of aryl methyl sites for hydroxylation is 2. The lowest BCUT2D eigenvalue weighted by molar-refractivity contribution is -0.121. The molecule has 1 amide bonds. The number of rotatable bonds is 5. The molecule has 0 radical (unpaired) electrons. The summed E-state index contributed by atoms with van der Waals surface area (Å²) in [5.74, 6) is -0.131. The summed E-state index contributed by atoms with van der Waals surface area (Å²) in [6.07, 6.45) is 4.94. The van der Waals surface area contributed by atoms with Crippen LogP contribution in [0.3, 0.4) is 0 Å². The summed E-state index contributed by atoms with van der Waals surface area (Å²) in [4.78, 5) is 18.6. The number of benzene rings is 1. The summed E-state index contributed by atoms with van der Waals surface area (Å²) in [6.45, 7) is 3.64. The van der Waals surface area contributed by atoms with Gasteiger partial charge >= 0.3 is 0 Å². The van der Waals surface area contributed by atoms with E-state index in [2.05, 4.69) is 15.2 Å². The molecule has 1 aliphatic heterocycles. The van der Waals surface area contributed by atoms with Crippen LogP contribution in [-0.2, 0) is 11.2 Å². The van der Waals surface area contributed by atoms with Crippen molar-refractivity contribution in [3.63, 3.8) is 0 Å². The molecular weight excluding hydrogens is 325 g/mol. The predicted molar refractivity (Wildman–Crippen MR) is 94.9 cm³/mol. The van der Waals surface area contributed by atoms with Crippen LogP contribution in [0.5, 0.6) is 0 Å². The standard InChI is InChI=1S/C18H22FN3OS/c1-13-11-14(19)4-5-16(13)22-9-2-3-15(12-22)21-17(23)6-7-18-20-8-10-24-18/h4-5,8,10-11,15H,2-3,6-7,9,12H2,1H3,(H,21,23). The zero-order chi connectivity index (χ0) is 16.9. The van der Waals surface area contributed by atoms with Gasteiger partial charge in [-0.25, -0.2) is 9.37 Å². The van der Waals surface area contributed by atoms with Crippen molar-refractivity contribution in [2.24, 2.45) is 0 Å². The van der Waals surface area contributed by atoms with Gasteiger partial charge in [0, 0.05) is 49.2 Å². The molecule has 3 rings (SSSR count). The Bertz CT molecular complexity index is 690. The molecule has 1 unspecified atom stereocenters. The third-order valence-electron chi connectivity index (χ3n) is 4.34. The third-order valence-corrected chi connectivity index (χ3v) is 5.17. The lowest BCUT2D eigenvalue weighted by Gasteiger charge is -2.35. The number of carbonyl (C=O) groups excluding carboxylic acids is 1. The Morgan fingerprint density at radius 2 is 2.38 bits per heavy atom. The summed E-state index contributed by atoms with van der Waals surface area (Å²) < 4.78 is 13.3. The van der Waals surface area contributed by atoms with Crippen LogP contribution in [0.2, 0.25) is 0 Å². The topological polar surface area (TPSA) is 45.2 Å². The van der Waals surface area contributed by atoms with Gasteiger partial charge in [0.15, 0.2) is 0 Å². The van der Waals surface area contributed by atoms with Crippen molar-refractivity contribution in [3.05, 3.63) is 46.2 Å². The highest BCUT2D eigenvalue weighted by Crippen LogP contribution is 2.24. The quantitative estimate of drug-likeness (QED) is 0.902. The lowest BCUT2D eigenvalue weighted by atomic mass is 10.0. The molecule has 0 aliphatic carbocycles. The highest BCUT2D eigenvalue weighted by molar-refractivity contribution is 7.09. The Balaban J connectivity index is 1.54. The van der Waals surface area contributed by atoms with Gasteiger partial charge in [0.05, 0.1) is 5.01 Å². The van der Waals surface area contributed by atoms with Crippen LogP contribution in [0.1, 0.15) is 29.8 Å². The minimum Gasteiger partial charge on any atom is -0.369 e. The van der Waals surface area contributed by atoms with Crippen LogP contribution in [-0.4, -0.2) is 30.0 Å². The largest absolute Gasteiger partial charge is 0.369 e. The van der Waals surface area contributed by atoms with E-state index in [1.54, 1.807) is 23.6 Å². The Kier molecular flexibility index (Phi) is 5.45. The number of hydrogen-bond donors (Lipinski definition) is 1. The van der Waals surface area contributed by atoms with Gasteiger partial charge in [-0.3, -0.25) is 4.79 Å². The van der Waals surface area contributed by atoms with Crippen LogP contribution in [0.4, 0.5) is 10.1 Å². The van der Waals surface area contributed by atoms with E-state index in [-0.39, 0.29) is 17.8 Å². The summed E-state index contributed by atoms with van der Waals surface area (Å²) in [7, 11) is 0. The first-order chi connectivity index (χ1) is 11.6. The van der Waals surface area contributed by atoms with Crippen LogP contribution in [0, 0.1) is 12.7 Å². The predicted octanol–water partition coefficient (Wildman–Crippen LogP) is 3.31. The SMILES string of the molecule is Cc1cc(F)ccc1N1CCCC(NC(=O)CCc2nccs2)C1. The number of piperidine rings is 1. The maximum absolute atomic E-state index is 13.3. The Labute approximate surface area is 145 Å². The minimum absolute atomic E-state index is 0.0767. The molecule has 1 N–H and O–H groups in total. The fourth-order valence-corrected chi connectivity index (χ4v) is 3.80. The van der Waals surface area contributed by atoms with E-state index in [1.165, 1.54) is 6.07 Å². The van der Waals surface area contributed by atoms with Gasteiger partial charge in [-0.15, -0.1) is 11.3 Å². The van der Waals surface area contributed by atoms with Gasteiger partial charge in [0.2, 0.25) is 5.91 Å². The van der Waals surface area contributed by atoms with Crippen molar-refractivity contribution in [1.82, 2.24) is 10.3 Å². The first kappa shape index (κ1) is 16.9. The van der Waals surface area contributed by atoms with E-state index >= 15 is 0 Å². The number of carbonyl (C=O) groups is 1. The number of hydrogen-bond acceptors (Lipinski definition) is 4. The first-order valence-corrected chi connectivity index (χ1v) is 9.18. The molecule has 2 heterocycles. The molecule has 0 spiro atoms. The molecule has 1 fully saturated rings. The third kappa shape index (κ3) is 4.32. The van der Waals surface area contributed by atoms with Crippen molar-refractivity contribution in [1.29, 1.82) is 0 Å². The molecule has 1 atom stereocenters. The zero-order valence-corrected chi connectivity index (χ0v) is 14.6. The van der Waals surface area contributed by atoms with Gasteiger partial charge < -0.3 is 10.2 Å². The van der Waals surface area contributed by atoms with Crippen molar-refractivity contribution in [3.8, 4) is 0 Å². The van der Waals surface area contributed by atoms with Gasteiger partial charge in [-0.2, -0.15) is 0 Å². The molecular formula is C18H22FN3OS. The number of amides is 1. The molecule has 0 bridgehead atoms. The second kappa shape index (κ2) is 7.75. The monoisotopic (exact) mass is 347 g/mol. The van der Waals surface area contributed by atoms with Gasteiger partial charge in [0.25, 0.3) is 0 Å². The summed E-state index contributed by atoms with van der Waals surface area (Å²) in [6, 6.07) is 5.04. The number of nitrogens with one attached hydrogen (secondary N) is 1. The first-order valence-electron chi connectivity index (χ1n) is 8.30. The van der Waals surface area contributed by atoms with Gasteiger partial charge in [0.1, 0.15) is 5.82 Å². The molecule has 1 aliphatic rings. The average Bonchev–Trinajstić information content (AvgIpc) is 3.06. The zero-order valence-electron chi connectivity index (χ0n) is 13.8. The number of aromatic nitrogens is 1. The molecule has 6 heteroatoms. The molecule has 2 aromatic rings. The molecule has 1 aromatic carbocycles. The van der Waals surface area contributed by atoms with E-state index in [9.17, 15) is 9.18 Å². The lowest BCUT2D eigenvalue weighted by Crippen LogP contribution is -2.48. The van der Waals surface area contributed by atoms with Crippen LogP contribution in [0.15, 0.2) is 29.8 Å². The molecule has 0 saturated carbocycles. The van der Waals surface area contributed by atoms with Crippen molar-refractivity contribution >= 4 is 22.9 Å². The molecule has 4 nitrogen and oxygen atoms in total. The normalized spacial score (nSPS) is 17.8. The van der Waals surface area contributed by atoms with E-state index in [0.717, 1.165) is 42.2 Å². The average molecular weight is 347 g/mol. The second-order valence-corrected chi connectivity index (χ2v) is 7.19. The van der Waals surface area contributed by atoms with E-state index < -0.39 is 0 Å². The van der Waals surface area contributed by atoms with Gasteiger partial charge in [-0.05, 0) is 43.5 Å². The van der Waals surface area contributed by atoms with Crippen LogP contribution < -0.4 is 10.2 Å². The summed E-state index contributed by atoms with van der Waals surface area (Å²) in [5, 5.41) is 6.06. The maximum Gasteiger partial charge on any atom is 0.220 e. The van der Waals surface area contributed by atoms with Crippen molar-refractivity contribution in [2.45, 2.75) is 38.6 Å². The Hall–Kier alpha value is -1.95. The Morgan fingerprint density at radius 1 is 1.50 bits per heavy atom. The van der Waals surface area contributed by atoms with Crippen molar-refractivity contribution in [2.75, 3.05) is 18.0 Å². The summed E-state index contributed by atoms with van der Waals surface area (Å²) in [5.41, 5.74) is 1.99. The maximum atomic E-state index is 13.3. The Morgan fingerprint density at radius 3 is 3.12 bits per heavy atom. The summed E-state index contributed by atoms with van der Waals surface area (Å²) >= 11 is 1.58. The van der Waals surface area contributed by atoms with Crippen molar-refractivity contribution < 1.29 is 9.18 Å². The van der Waals surface area contributed by atoms with E-state index in [4.69, 9.17) is 0 Å². The molecule has 1 saturated heterocycles. The molecule has 1 aromatic heterocycles. The highest BCUT2D eigenvalue weighted by Gasteiger charge is 2.22. The number of thiazole rings is 1. The van der Waals surface area contributed by atoms with Crippen LogP contribution >= 0.6 is 11.3 Å². The number of anilines is 1. The second-order valence-electron chi connectivity index (χ2n) is 6.21.